The summed E-state index contributed by atoms with van der Waals surface area (Å²) < 4.78 is 15.4. The summed E-state index contributed by atoms with van der Waals surface area (Å²) in [5.74, 6) is -1.04. The van der Waals surface area contributed by atoms with E-state index < -0.39 is 18.1 Å². The van der Waals surface area contributed by atoms with E-state index in [1.807, 2.05) is 29.1 Å². The molecule has 0 bridgehead atoms. The van der Waals surface area contributed by atoms with Gasteiger partial charge in [0.2, 0.25) is 5.91 Å². The molecule has 0 radical (unpaired) electrons. The molecule has 0 saturated carbocycles. The van der Waals surface area contributed by atoms with Crippen LogP contribution in [0.5, 0.6) is 0 Å². The van der Waals surface area contributed by atoms with E-state index in [-0.39, 0.29) is 18.9 Å². The van der Waals surface area contributed by atoms with Gasteiger partial charge in [-0.25, -0.2) is 4.39 Å². The number of hydrogen-bond acceptors (Lipinski definition) is 2. The number of nitrogens with two attached hydrogens (primary N) is 1. The quantitative estimate of drug-likeness (QED) is 0.934. The van der Waals surface area contributed by atoms with E-state index in [0.29, 0.717) is 5.56 Å². The average molecular weight is 301 g/mol. The number of halogens is 1. The molecule has 2 atom stereocenters. The Balaban J connectivity index is 1.81. The first kappa shape index (κ1) is 14.3. The third-order valence-electron chi connectivity index (χ3n) is 3.86. The van der Waals surface area contributed by atoms with Crippen molar-refractivity contribution in [3.8, 4) is 5.69 Å². The molecular weight excluding hydrogens is 285 g/mol. The molecule has 2 heterocycles. The molecule has 1 fully saturated rings. The van der Waals surface area contributed by atoms with Crippen molar-refractivity contribution in [2.75, 3.05) is 6.54 Å². The van der Waals surface area contributed by atoms with Crippen molar-refractivity contribution in [2.45, 2.75) is 18.6 Å². The second kappa shape index (κ2) is 5.63. The molecule has 1 aliphatic heterocycles. The van der Waals surface area contributed by atoms with E-state index in [2.05, 4.69) is 0 Å². The predicted molar refractivity (Wildman–Crippen MR) is 79.3 cm³/mol. The SMILES string of the molecule is NC(=O)[C@@H]1C[C@@H](F)CN1C(=O)c1ccc(-n2cccc2)cc1. The van der Waals surface area contributed by atoms with Crippen LogP contribution in [0.2, 0.25) is 0 Å². The van der Waals surface area contributed by atoms with Crippen LogP contribution >= 0.6 is 0 Å². The van der Waals surface area contributed by atoms with Crippen LogP contribution in [0.15, 0.2) is 48.8 Å². The molecule has 1 saturated heterocycles. The van der Waals surface area contributed by atoms with Gasteiger partial charge in [-0.2, -0.15) is 0 Å². The van der Waals surface area contributed by atoms with Gasteiger partial charge in [-0.1, -0.05) is 0 Å². The summed E-state index contributed by atoms with van der Waals surface area (Å²) >= 11 is 0. The monoisotopic (exact) mass is 301 g/mol. The molecule has 0 spiro atoms. The van der Waals surface area contributed by atoms with Gasteiger partial charge in [0.15, 0.2) is 0 Å². The molecule has 0 unspecified atom stereocenters. The number of primary amides is 1. The zero-order valence-electron chi connectivity index (χ0n) is 11.9. The summed E-state index contributed by atoms with van der Waals surface area (Å²) in [5, 5.41) is 0. The first-order valence-electron chi connectivity index (χ1n) is 7.04. The van der Waals surface area contributed by atoms with E-state index >= 15 is 0 Å². The lowest BCUT2D eigenvalue weighted by Crippen LogP contribution is -2.43. The van der Waals surface area contributed by atoms with Gasteiger partial charge in [-0.3, -0.25) is 9.59 Å². The van der Waals surface area contributed by atoms with Crippen LogP contribution in [-0.4, -0.2) is 40.0 Å². The number of nitrogens with zero attached hydrogens (tertiary/aromatic N) is 2. The normalized spacial score (nSPS) is 21.0. The Morgan fingerprint density at radius 1 is 1.14 bits per heavy atom. The summed E-state index contributed by atoms with van der Waals surface area (Å²) in [7, 11) is 0. The van der Waals surface area contributed by atoms with Crippen LogP contribution in [0.25, 0.3) is 5.69 Å². The molecule has 0 aliphatic carbocycles. The number of aromatic nitrogens is 1. The number of alkyl halides is 1. The van der Waals surface area contributed by atoms with Crippen LogP contribution < -0.4 is 5.73 Å². The van der Waals surface area contributed by atoms with Crippen molar-refractivity contribution < 1.29 is 14.0 Å². The molecule has 114 valence electrons. The predicted octanol–water partition coefficient (Wildman–Crippen LogP) is 1.52. The summed E-state index contributed by atoms with van der Waals surface area (Å²) in [6.07, 6.45) is 2.56. The Morgan fingerprint density at radius 3 is 2.36 bits per heavy atom. The summed E-state index contributed by atoms with van der Waals surface area (Å²) in [6, 6.07) is 9.88. The fourth-order valence-corrected chi connectivity index (χ4v) is 2.73. The Labute approximate surface area is 127 Å². The maximum atomic E-state index is 13.5. The van der Waals surface area contributed by atoms with E-state index in [4.69, 9.17) is 5.73 Å². The summed E-state index contributed by atoms with van der Waals surface area (Å²) in [4.78, 5) is 25.0. The third-order valence-corrected chi connectivity index (χ3v) is 3.86. The molecule has 1 aromatic heterocycles. The van der Waals surface area contributed by atoms with Gasteiger partial charge in [0.1, 0.15) is 12.2 Å². The van der Waals surface area contributed by atoms with Crippen molar-refractivity contribution >= 4 is 11.8 Å². The fourth-order valence-electron chi connectivity index (χ4n) is 2.73. The van der Waals surface area contributed by atoms with Crippen molar-refractivity contribution in [2.24, 2.45) is 5.73 Å². The third kappa shape index (κ3) is 2.59. The molecular formula is C16H16FN3O2. The summed E-state index contributed by atoms with van der Waals surface area (Å²) in [5.41, 5.74) is 6.58. The molecule has 6 heteroatoms. The lowest BCUT2D eigenvalue weighted by molar-refractivity contribution is -0.121. The molecule has 22 heavy (non-hydrogen) atoms. The van der Waals surface area contributed by atoms with Gasteiger partial charge in [0.25, 0.3) is 5.91 Å². The Morgan fingerprint density at radius 2 is 1.77 bits per heavy atom. The maximum Gasteiger partial charge on any atom is 0.254 e. The van der Waals surface area contributed by atoms with Crippen LogP contribution in [0.4, 0.5) is 4.39 Å². The van der Waals surface area contributed by atoms with E-state index in [9.17, 15) is 14.0 Å². The van der Waals surface area contributed by atoms with Crippen molar-refractivity contribution in [1.82, 2.24) is 9.47 Å². The minimum Gasteiger partial charge on any atom is -0.368 e. The Kier molecular flexibility index (Phi) is 3.66. The Bertz CT molecular complexity index is 682. The topological polar surface area (TPSA) is 68.3 Å². The number of carbonyl (C=O) groups is 2. The molecule has 2 aromatic rings. The van der Waals surface area contributed by atoms with Gasteiger partial charge < -0.3 is 15.2 Å². The van der Waals surface area contributed by atoms with Gasteiger partial charge in [0.05, 0.1) is 6.54 Å². The van der Waals surface area contributed by atoms with Crippen LogP contribution in [0, 0.1) is 0 Å². The highest BCUT2D eigenvalue weighted by atomic mass is 19.1. The highest BCUT2D eigenvalue weighted by molar-refractivity contribution is 5.97. The minimum absolute atomic E-state index is 0.0253. The lowest BCUT2D eigenvalue weighted by atomic mass is 10.1. The average Bonchev–Trinajstić information content (AvgIpc) is 3.16. The van der Waals surface area contributed by atoms with E-state index in [1.165, 1.54) is 4.90 Å². The largest absolute Gasteiger partial charge is 0.368 e. The number of hydrogen-bond donors (Lipinski definition) is 1. The van der Waals surface area contributed by atoms with Gasteiger partial charge in [0, 0.05) is 30.1 Å². The number of likely N-dealkylation sites (tertiary alicyclic amines) is 1. The lowest BCUT2D eigenvalue weighted by Gasteiger charge is -2.21. The number of carbonyl (C=O) groups excluding carboxylic acids is 2. The second-order valence-electron chi connectivity index (χ2n) is 5.35. The first-order valence-corrected chi connectivity index (χ1v) is 7.04. The molecule has 2 amide bonds. The zero-order chi connectivity index (χ0) is 15.7. The fraction of sp³-hybridized carbons (Fsp3) is 0.250. The number of benzene rings is 1. The number of amides is 2. The van der Waals surface area contributed by atoms with Gasteiger partial charge >= 0.3 is 0 Å². The molecule has 3 rings (SSSR count). The highest BCUT2D eigenvalue weighted by Gasteiger charge is 2.38. The van der Waals surface area contributed by atoms with Crippen molar-refractivity contribution in [3.63, 3.8) is 0 Å². The number of rotatable bonds is 3. The second-order valence-corrected chi connectivity index (χ2v) is 5.35. The van der Waals surface area contributed by atoms with E-state index in [1.54, 1.807) is 24.3 Å². The van der Waals surface area contributed by atoms with Crippen molar-refractivity contribution in [3.05, 3.63) is 54.4 Å². The summed E-state index contributed by atoms with van der Waals surface area (Å²) in [6.45, 7) is -0.0915. The molecule has 1 aromatic carbocycles. The van der Waals surface area contributed by atoms with Crippen LogP contribution in [-0.2, 0) is 4.79 Å². The molecule has 2 N–H and O–H groups in total. The standard InChI is InChI=1S/C16H16FN3O2/c17-12-9-14(15(18)21)20(10-12)16(22)11-3-5-13(6-4-11)19-7-1-2-8-19/h1-8,12,14H,9-10H2,(H2,18,21)/t12-,14+/m1/s1. The first-order chi connectivity index (χ1) is 10.6. The van der Waals surface area contributed by atoms with Crippen molar-refractivity contribution in [1.29, 1.82) is 0 Å². The zero-order valence-corrected chi connectivity index (χ0v) is 11.9. The van der Waals surface area contributed by atoms with Gasteiger partial charge in [-0.05, 0) is 36.4 Å². The van der Waals surface area contributed by atoms with E-state index in [0.717, 1.165) is 5.69 Å². The molecule has 1 aliphatic rings. The highest BCUT2D eigenvalue weighted by Crippen LogP contribution is 2.23. The van der Waals surface area contributed by atoms with Crippen LogP contribution in [0.1, 0.15) is 16.8 Å². The molecule has 5 nitrogen and oxygen atoms in total. The smallest absolute Gasteiger partial charge is 0.254 e. The van der Waals surface area contributed by atoms with Crippen LogP contribution in [0.3, 0.4) is 0 Å². The Hall–Kier alpha value is -2.63. The van der Waals surface area contributed by atoms with Gasteiger partial charge in [-0.15, -0.1) is 0 Å². The maximum absolute atomic E-state index is 13.5. The minimum atomic E-state index is -1.21.